The van der Waals surface area contributed by atoms with Crippen LogP contribution in [0.1, 0.15) is 14.4 Å². The van der Waals surface area contributed by atoms with E-state index in [9.17, 15) is 14.8 Å². The summed E-state index contributed by atoms with van der Waals surface area (Å²) in [6.07, 6.45) is 7.76. The van der Waals surface area contributed by atoms with Crippen molar-refractivity contribution in [2.75, 3.05) is 18.0 Å². The average molecular weight is 479 g/mol. The first kappa shape index (κ1) is 23.5. The van der Waals surface area contributed by atoms with E-state index >= 15 is 4.39 Å². The van der Waals surface area contributed by atoms with Gasteiger partial charge in [-0.1, -0.05) is 7.43 Å². The van der Waals surface area contributed by atoms with Crippen LogP contribution in [-0.2, 0) is 9.53 Å². The van der Waals surface area contributed by atoms with E-state index < -0.39 is 18.0 Å². The molecule has 180 valence electrons. The van der Waals surface area contributed by atoms with Gasteiger partial charge in [0.05, 0.1) is 42.2 Å². The van der Waals surface area contributed by atoms with Gasteiger partial charge in [-0.3, -0.25) is 14.7 Å². The van der Waals surface area contributed by atoms with Gasteiger partial charge in [0.1, 0.15) is 18.1 Å². The number of ether oxygens (including phenoxy) is 1. The second kappa shape index (κ2) is 9.33. The Morgan fingerprint density at radius 3 is 2.89 bits per heavy atom. The standard InChI is InChI=1S/C22H18FN7O4.CH4/c1-13(31)26-7-16-11-29(22(32)34-16)15-2-3-20(17(23)6-15)28-9-14-10-30(33)21(27-19(14)12-28)18-8-24-4-5-25-18;/h2-6,8-10,12,16H,7,11H2,1H3,(H,26,31);1H4/t16-;/m0./s1. The second-order valence-corrected chi connectivity index (χ2v) is 7.68. The smallest absolute Gasteiger partial charge is 0.414 e. The van der Waals surface area contributed by atoms with Crippen LogP contribution in [0.5, 0.6) is 0 Å². The molecule has 1 fully saturated rings. The molecular weight excluding hydrogens is 457 g/mol. The minimum Gasteiger partial charge on any atom is -0.710 e. The van der Waals surface area contributed by atoms with Gasteiger partial charge in [-0.05, 0) is 23.2 Å². The van der Waals surface area contributed by atoms with Gasteiger partial charge in [0.15, 0.2) is 5.69 Å². The monoisotopic (exact) mass is 479 g/mol. The summed E-state index contributed by atoms with van der Waals surface area (Å²) in [4.78, 5) is 37.0. The fraction of sp³-hybridized carbons (Fsp3) is 0.217. The molecule has 1 N–H and O–H groups in total. The fourth-order valence-electron chi connectivity index (χ4n) is 3.70. The van der Waals surface area contributed by atoms with Crippen molar-refractivity contribution in [1.82, 2.24) is 24.8 Å². The lowest BCUT2D eigenvalue weighted by molar-refractivity contribution is -0.595. The molecule has 1 atom stereocenters. The maximum atomic E-state index is 15.1. The van der Waals surface area contributed by atoms with E-state index in [0.717, 1.165) is 0 Å². The molecule has 0 aliphatic carbocycles. The highest BCUT2D eigenvalue weighted by atomic mass is 19.1. The molecule has 35 heavy (non-hydrogen) atoms. The molecule has 5 rings (SSSR count). The van der Waals surface area contributed by atoms with Crippen LogP contribution < -0.4 is 14.9 Å². The SMILES string of the molecule is C.CC(=O)NC[C@H]1CN(c2ccc(-n3cc4c[n+]([O-])c(-c5cnccn5)nc4c3)c(F)c2)C(=O)O1. The Labute approximate surface area is 199 Å². The van der Waals surface area contributed by atoms with Crippen molar-refractivity contribution in [3.8, 4) is 17.2 Å². The molecule has 0 spiro atoms. The topological polar surface area (TPSA) is 129 Å². The van der Waals surface area contributed by atoms with Crippen LogP contribution in [0.15, 0.2) is 55.4 Å². The van der Waals surface area contributed by atoms with E-state index in [1.54, 1.807) is 18.5 Å². The van der Waals surface area contributed by atoms with E-state index in [4.69, 9.17) is 4.74 Å². The lowest BCUT2D eigenvalue weighted by atomic mass is 10.2. The predicted molar refractivity (Wildman–Crippen MR) is 124 cm³/mol. The highest BCUT2D eigenvalue weighted by molar-refractivity contribution is 5.90. The number of carbonyl (C=O) groups is 2. The number of hydrogen-bond acceptors (Lipinski definition) is 7. The number of amides is 2. The highest BCUT2D eigenvalue weighted by Crippen LogP contribution is 2.27. The molecule has 0 bridgehead atoms. The Kier molecular flexibility index (Phi) is 6.28. The first-order valence-corrected chi connectivity index (χ1v) is 10.3. The van der Waals surface area contributed by atoms with Crippen LogP contribution in [0.25, 0.3) is 28.1 Å². The second-order valence-electron chi connectivity index (χ2n) is 7.68. The molecule has 1 aromatic carbocycles. The molecule has 2 amide bonds. The van der Waals surface area contributed by atoms with Crippen molar-refractivity contribution in [2.24, 2.45) is 0 Å². The number of rotatable bonds is 5. The van der Waals surface area contributed by atoms with Gasteiger partial charge in [-0.15, -0.1) is 0 Å². The first-order valence-electron chi connectivity index (χ1n) is 10.3. The quantitative estimate of drug-likeness (QED) is 0.344. The van der Waals surface area contributed by atoms with Gasteiger partial charge in [0.25, 0.3) is 0 Å². The Morgan fingerprint density at radius 1 is 1.34 bits per heavy atom. The Hall–Kier alpha value is -4.61. The number of benzene rings is 1. The van der Waals surface area contributed by atoms with E-state index in [1.807, 2.05) is 0 Å². The Balaban J connectivity index is 0.00000289. The molecule has 1 aliphatic heterocycles. The van der Waals surface area contributed by atoms with Crippen LogP contribution in [0.4, 0.5) is 14.9 Å². The van der Waals surface area contributed by atoms with Crippen molar-refractivity contribution in [3.05, 3.63) is 66.4 Å². The molecule has 0 saturated carbocycles. The van der Waals surface area contributed by atoms with Gasteiger partial charge >= 0.3 is 11.9 Å². The van der Waals surface area contributed by atoms with Crippen molar-refractivity contribution in [2.45, 2.75) is 20.5 Å². The number of fused-ring (bicyclic) bond motifs is 1. The Bertz CT molecular complexity index is 1410. The molecular formula is C23H22FN7O4. The normalized spacial score (nSPS) is 15.1. The summed E-state index contributed by atoms with van der Waals surface area (Å²) in [6, 6.07) is 4.35. The zero-order valence-electron chi connectivity index (χ0n) is 17.9. The zero-order valence-corrected chi connectivity index (χ0v) is 17.9. The maximum Gasteiger partial charge on any atom is 0.414 e. The van der Waals surface area contributed by atoms with E-state index in [2.05, 4.69) is 20.3 Å². The van der Waals surface area contributed by atoms with Gasteiger partial charge in [0, 0.05) is 25.5 Å². The number of cyclic esters (lactones) is 1. The molecule has 11 nitrogen and oxygen atoms in total. The molecule has 4 heterocycles. The minimum atomic E-state index is -0.616. The van der Waals surface area contributed by atoms with Crippen molar-refractivity contribution < 1.29 is 23.4 Å². The number of nitrogens with one attached hydrogen (secondary N) is 1. The third-order valence-electron chi connectivity index (χ3n) is 5.29. The van der Waals surface area contributed by atoms with E-state index in [-0.39, 0.29) is 37.9 Å². The fourth-order valence-corrected chi connectivity index (χ4v) is 3.70. The molecule has 0 unspecified atom stereocenters. The predicted octanol–water partition coefficient (Wildman–Crippen LogP) is 2.35. The Morgan fingerprint density at radius 2 is 2.17 bits per heavy atom. The van der Waals surface area contributed by atoms with Crippen LogP contribution in [-0.4, -0.2) is 50.7 Å². The molecule has 1 saturated heterocycles. The number of carbonyl (C=O) groups excluding carboxylic acids is 2. The number of hydrogen-bond donors (Lipinski definition) is 1. The lowest BCUT2D eigenvalue weighted by Crippen LogP contribution is -2.33. The molecule has 4 aromatic rings. The number of halogens is 1. The van der Waals surface area contributed by atoms with Crippen molar-refractivity contribution in [3.63, 3.8) is 0 Å². The van der Waals surface area contributed by atoms with Crippen LogP contribution in [0.3, 0.4) is 0 Å². The summed E-state index contributed by atoms with van der Waals surface area (Å²) in [7, 11) is 0. The highest BCUT2D eigenvalue weighted by Gasteiger charge is 2.32. The lowest BCUT2D eigenvalue weighted by Gasteiger charge is -2.14. The summed E-state index contributed by atoms with van der Waals surface area (Å²) in [5, 5.41) is 15.5. The third-order valence-corrected chi connectivity index (χ3v) is 5.29. The average Bonchev–Trinajstić information content (AvgIpc) is 3.40. The minimum absolute atomic E-state index is 0. The van der Waals surface area contributed by atoms with E-state index in [1.165, 1.54) is 53.3 Å². The summed E-state index contributed by atoms with van der Waals surface area (Å²) in [5.74, 6) is -0.736. The summed E-state index contributed by atoms with van der Waals surface area (Å²) in [5.41, 5.74) is 1.33. The van der Waals surface area contributed by atoms with Gasteiger partial charge in [-0.2, -0.15) is 0 Å². The van der Waals surface area contributed by atoms with Gasteiger partial charge in [0.2, 0.25) is 11.4 Å². The van der Waals surface area contributed by atoms with Gasteiger partial charge < -0.3 is 19.8 Å². The van der Waals surface area contributed by atoms with E-state index in [0.29, 0.717) is 27.0 Å². The number of anilines is 1. The largest absolute Gasteiger partial charge is 0.710 e. The van der Waals surface area contributed by atoms with Gasteiger partial charge in [-0.25, -0.2) is 18.9 Å². The van der Waals surface area contributed by atoms with Crippen LogP contribution in [0.2, 0.25) is 0 Å². The molecule has 1 aliphatic rings. The first-order chi connectivity index (χ1) is 16.4. The third kappa shape index (κ3) is 4.58. The number of aromatic nitrogens is 5. The summed E-state index contributed by atoms with van der Waals surface area (Å²) < 4.78 is 22.4. The summed E-state index contributed by atoms with van der Waals surface area (Å²) in [6.45, 7) is 1.73. The molecule has 3 aromatic heterocycles. The summed E-state index contributed by atoms with van der Waals surface area (Å²) >= 11 is 0. The van der Waals surface area contributed by atoms with Crippen LogP contribution >= 0.6 is 0 Å². The zero-order chi connectivity index (χ0) is 23.8. The molecule has 0 radical (unpaired) electrons. The van der Waals surface area contributed by atoms with Crippen molar-refractivity contribution in [1.29, 1.82) is 0 Å². The molecule has 12 heteroatoms. The maximum absolute atomic E-state index is 15.1. The van der Waals surface area contributed by atoms with Crippen molar-refractivity contribution >= 4 is 28.6 Å². The number of nitrogens with zero attached hydrogens (tertiary/aromatic N) is 6. The van der Waals surface area contributed by atoms with Crippen LogP contribution in [0, 0.1) is 11.0 Å².